The van der Waals surface area contributed by atoms with Crippen molar-refractivity contribution in [2.45, 2.75) is 128 Å². The van der Waals surface area contributed by atoms with Crippen LogP contribution in [0.5, 0.6) is 0 Å². The summed E-state index contributed by atoms with van der Waals surface area (Å²) in [4.78, 5) is 87.6. The summed E-state index contributed by atoms with van der Waals surface area (Å²) in [7, 11) is 1.87. The first kappa shape index (κ1) is 50.9. The van der Waals surface area contributed by atoms with Gasteiger partial charge in [-0.1, -0.05) is 89.5 Å². The van der Waals surface area contributed by atoms with E-state index in [4.69, 9.17) is 28.2 Å². The molecule has 16 nitrogen and oxygen atoms in total. The lowest BCUT2D eigenvalue weighted by Crippen LogP contribution is -2.81. The summed E-state index contributed by atoms with van der Waals surface area (Å²) in [6.45, 7) is 11.7. The van der Waals surface area contributed by atoms with Crippen molar-refractivity contribution in [1.82, 2.24) is 4.90 Å². The molecule has 0 spiro atoms. The third-order valence-corrected chi connectivity index (χ3v) is 14.9. The largest absolute Gasteiger partial charge is 0.456 e. The van der Waals surface area contributed by atoms with E-state index in [2.05, 4.69) is 8.93 Å². The number of aliphatic hydroxyl groups excluding tert-OH is 2. The lowest BCUT2D eigenvalue weighted by atomic mass is 9.44. The highest BCUT2D eigenvalue weighted by Crippen LogP contribution is 2.64. The highest BCUT2D eigenvalue weighted by Gasteiger charge is 2.78. The third kappa shape index (κ3) is 8.82. The molecule has 1 aliphatic heterocycles. The minimum absolute atomic E-state index is 0.0684. The van der Waals surface area contributed by atoms with E-state index >= 15 is 9.59 Å². The Morgan fingerprint density at radius 2 is 1.46 bits per heavy atom. The molecule has 13 atom stereocenters. The number of hydrogen-bond donors (Lipinski definition) is 3. The van der Waals surface area contributed by atoms with Crippen LogP contribution in [0.25, 0.3) is 0 Å². The Hall–Kier alpha value is -4.92. The van der Waals surface area contributed by atoms with Gasteiger partial charge in [-0.15, -0.1) is 0 Å². The zero-order chi connectivity index (χ0) is 49.7. The quantitative estimate of drug-likeness (QED) is 0.0840. The number of esters is 3. The second-order valence-corrected chi connectivity index (χ2v) is 20.8. The number of ether oxygens (including phenoxy) is 5. The van der Waals surface area contributed by atoms with Crippen molar-refractivity contribution in [1.29, 1.82) is 0 Å². The SMILES string of the molecule is CC(=O)O[C@@]12CO[C@@H]1C[C@H](O)[C@@]1(C)C(=O)[C@H](O)C3=C(C)[C@@H](OC(=O)[C@H](OPP)[C@H](c4ccccc4)N(C(=O)OC(C)(C)C)C(=O)c4ccccc4)C[C@@](O)([C@@H](OC(=O)c4ccccc4)C12)C3(C)C. The number of imide groups is 1. The topological polar surface area (TPSA) is 222 Å². The Kier molecular flexibility index (Phi) is 14.3. The fourth-order valence-corrected chi connectivity index (χ4v) is 11.6. The number of carbonyl (C=O) groups is 6. The van der Waals surface area contributed by atoms with Crippen molar-refractivity contribution in [3.05, 3.63) is 119 Å². The monoisotopic (exact) mass is 975 g/mol. The molecular formula is C50H59NO15P2. The van der Waals surface area contributed by atoms with Gasteiger partial charge in [-0.25, -0.2) is 19.3 Å². The minimum Gasteiger partial charge on any atom is -0.456 e. The van der Waals surface area contributed by atoms with Crippen LogP contribution in [-0.4, -0.2) is 116 Å². The summed E-state index contributed by atoms with van der Waals surface area (Å²) in [6.07, 6.45) is -11.6. The van der Waals surface area contributed by atoms with Gasteiger partial charge in [-0.3, -0.25) is 14.4 Å². The van der Waals surface area contributed by atoms with E-state index in [9.17, 15) is 34.5 Å². The molecule has 0 radical (unpaired) electrons. The molecule has 3 aromatic rings. The first-order chi connectivity index (χ1) is 31.9. The van der Waals surface area contributed by atoms with Crippen molar-refractivity contribution >= 4 is 53.1 Å². The number of Topliss-reactive ketones (excluding diaryl/α,β-unsaturated/α-hetero) is 1. The summed E-state index contributed by atoms with van der Waals surface area (Å²) in [5.74, 6) is -6.13. The van der Waals surface area contributed by atoms with Crippen molar-refractivity contribution in [3.63, 3.8) is 0 Å². The van der Waals surface area contributed by atoms with Gasteiger partial charge in [0.1, 0.15) is 41.7 Å². The second-order valence-electron chi connectivity index (χ2n) is 19.6. The van der Waals surface area contributed by atoms with Crippen LogP contribution >= 0.6 is 17.4 Å². The van der Waals surface area contributed by atoms with E-state index in [1.165, 1.54) is 38.1 Å². The molecule has 3 fully saturated rings. The van der Waals surface area contributed by atoms with Gasteiger partial charge in [-0.05, 0) is 75.6 Å². The number of nitrogens with zero attached hydrogens (tertiary/aromatic N) is 1. The molecule has 1 saturated heterocycles. The first-order valence-electron chi connectivity index (χ1n) is 22.3. The fraction of sp³-hybridized carbons (Fsp3) is 0.480. The van der Waals surface area contributed by atoms with Gasteiger partial charge in [0.15, 0.2) is 17.5 Å². The highest BCUT2D eigenvalue weighted by molar-refractivity contribution is 8.00. The molecule has 18 heteroatoms. The van der Waals surface area contributed by atoms with E-state index < -0.39 is 127 Å². The lowest BCUT2D eigenvalue weighted by Gasteiger charge is -2.67. The van der Waals surface area contributed by atoms with Crippen LogP contribution in [0.3, 0.4) is 0 Å². The fourth-order valence-electron chi connectivity index (χ4n) is 10.8. The van der Waals surface area contributed by atoms with E-state index in [0.29, 0.717) is 0 Å². The summed E-state index contributed by atoms with van der Waals surface area (Å²) < 4.78 is 36.7. The van der Waals surface area contributed by atoms with Gasteiger partial charge < -0.3 is 43.5 Å². The van der Waals surface area contributed by atoms with E-state index in [-0.39, 0.29) is 40.9 Å². The van der Waals surface area contributed by atoms with Crippen LogP contribution < -0.4 is 0 Å². The number of benzene rings is 3. The summed E-state index contributed by atoms with van der Waals surface area (Å²) in [6, 6.07) is 22.5. The maximum absolute atomic E-state index is 15.2. The summed E-state index contributed by atoms with van der Waals surface area (Å²) >= 11 is 0. The Balaban J connectivity index is 1.40. The molecule has 3 unspecified atom stereocenters. The van der Waals surface area contributed by atoms with Crippen LogP contribution in [0.15, 0.2) is 102 Å². The average Bonchev–Trinajstić information content (AvgIpc) is 3.28. The number of ketones is 1. The van der Waals surface area contributed by atoms with Gasteiger partial charge in [0.05, 0.1) is 29.6 Å². The van der Waals surface area contributed by atoms with E-state index in [1.807, 2.05) is 0 Å². The molecule has 68 heavy (non-hydrogen) atoms. The van der Waals surface area contributed by atoms with Gasteiger partial charge >= 0.3 is 24.0 Å². The molecular weight excluding hydrogens is 916 g/mol. The van der Waals surface area contributed by atoms with Crippen molar-refractivity contribution in [3.8, 4) is 0 Å². The second kappa shape index (κ2) is 19.1. The van der Waals surface area contributed by atoms with Crippen LogP contribution in [0.1, 0.15) is 101 Å². The smallest absolute Gasteiger partial charge is 0.418 e. The van der Waals surface area contributed by atoms with Crippen LogP contribution in [-0.2, 0) is 42.6 Å². The van der Waals surface area contributed by atoms with Gasteiger partial charge in [0.25, 0.3) is 5.91 Å². The molecule has 2 bridgehead atoms. The standard InChI is InChI=1S/C50H59NO15P2/c1-27-32(62-44(58)38(66-68-67)36(29-18-12-9-13-19-29)51(45(59)65-46(3,4)5)42(56)30-20-14-10-15-21-30)25-50(60)41(63-43(57)31-22-16-11-17-23-31)39-48(8,40(55)37(54)35(27)47(50,6)7)33(53)24-34-49(39,26-61-34)64-28(2)52/h9-23,32-34,36-39,41,53-54,60,68H,24-26,67H2,1-8H3/t32-,33-,34+,36-,37+,38+,39?,41-,48+,49-,50+/m0/s1. The Morgan fingerprint density at radius 1 is 0.882 bits per heavy atom. The van der Waals surface area contributed by atoms with Crippen LogP contribution in [0, 0.1) is 16.7 Å². The number of amides is 2. The van der Waals surface area contributed by atoms with Crippen molar-refractivity contribution < 1.29 is 72.3 Å². The van der Waals surface area contributed by atoms with Gasteiger partial charge in [0, 0.05) is 39.2 Å². The molecule has 2 saturated carbocycles. The maximum atomic E-state index is 15.2. The van der Waals surface area contributed by atoms with Crippen molar-refractivity contribution in [2.24, 2.45) is 16.7 Å². The van der Waals surface area contributed by atoms with Crippen LogP contribution in [0.2, 0.25) is 0 Å². The molecule has 4 aliphatic rings. The average molecular weight is 976 g/mol. The maximum Gasteiger partial charge on any atom is 0.418 e. The van der Waals surface area contributed by atoms with E-state index in [0.717, 1.165) is 11.8 Å². The zero-order valence-electron chi connectivity index (χ0n) is 39.2. The Bertz CT molecular complexity index is 2460. The normalized spacial score (nSPS) is 30.6. The molecule has 1 heterocycles. The molecule has 364 valence electrons. The van der Waals surface area contributed by atoms with Crippen LogP contribution in [0.4, 0.5) is 4.79 Å². The molecule has 3 aliphatic carbocycles. The molecule has 3 N–H and O–H groups in total. The van der Waals surface area contributed by atoms with E-state index in [1.54, 1.807) is 101 Å². The molecule has 2 amide bonds. The summed E-state index contributed by atoms with van der Waals surface area (Å²) in [5, 5.41) is 38.2. The first-order valence-corrected chi connectivity index (χ1v) is 25.1. The lowest BCUT2D eigenvalue weighted by molar-refractivity contribution is -0.346. The number of carbonyl (C=O) groups excluding carboxylic acids is 6. The number of hydrogen-bond acceptors (Lipinski definition) is 15. The predicted octanol–water partition coefficient (Wildman–Crippen LogP) is 6.22. The minimum atomic E-state index is -2.40. The molecule has 3 aromatic carbocycles. The Morgan fingerprint density at radius 3 is 1.99 bits per heavy atom. The van der Waals surface area contributed by atoms with Gasteiger partial charge in [0.2, 0.25) is 0 Å². The third-order valence-electron chi connectivity index (χ3n) is 14.1. The Labute approximate surface area is 399 Å². The van der Waals surface area contributed by atoms with Gasteiger partial charge in [-0.2, -0.15) is 0 Å². The number of rotatable bonds is 11. The van der Waals surface area contributed by atoms with Crippen molar-refractivity contribution in [2.75, 3.05) is 6.61 Å². The predicted molar refractivity (Wildman–Crippen MR) is 250 cm³/mol. The molecule has 7 rings (SSSR count). The summed E-state index contributed by atoms with van der Waals surface area (Å²) in [5.41, 5.74) is -8.47. The zero-order valence-corrected chi connectivity index (χ0v) is 41.3. The number of fused-ring (bicyclic) bond motifs is 5. The number of aliphatic hydroxyl groups is 3. The molecule has 0 aromatic heterocycles. The highest BCUT2D eigenvalue weighted by atomic mass is 32.0.